The highest BCUT2D eigenvalue weighted by molar-refractivity contribution is 6.57. The highest BCUT2D eigenvalue weighted by atomic mass is 35.5. The topological polar surface area (TPSA) is 58.3 Å². The Kier molecular flexibility index (Phi) is 3.47. The molecule has 0 saturated heterocycles. The summed E-state index contributed by atoms with van der Waals surface area (Å²) in [4.78, 5) is 0. The van der Waals surface area contributed by atoms with E-state index in [0.29, 0.717) is 17.1 Å². The van der Waals surface area contributed by atoms with Gasteiger partial charge in [0, 0.05) is 11.2 Å². The molecule has 1 heterocycles. The largest absolute Gasteiger partial charge is 0.510 e. The van der Waals surface area contributed by atoms with Gasteiger partial charge in [0.05, 0.1) is 12.1 Å². The number of aromatic nitrogens is 2. The fourth-order valence-corrected chi connectivity index (χ4v) is 1.65. The molecule has 0 aliphatic heterocycles. The van der Waals surface area contributed by atoms with Crippen LogP contribution in [0, 0.1) is 5.82 Å². The van der Waals surface area contributed by atoms with Gasteiger partial charge in [-0.05, 0) is 23.8 Å². The van der Waals surface area contributed by atoms with E-state index in [1.807, 2.05) is 0 Å². The Labute approximate surface area is 102 Å². The van der Waals surface area contributed by atoms with Gasteiger partial charge in [0.25, 0.3) is 0 Å². The molecule has 2 N–H and O–H groups in total. The van der Waals surface area contributed by atoms with Crippen molar-refractivity contribution in [1.29, 1.82) is 0 Å². The number of hydrogen-bond donors (Lipinski definition) is 2. The third kappa shape index (κ3) is 2.85. The van der Waals surface area contributed by atoms with Crippen LogP contribution in [0.1, 0.15) is 5.56 Å². The van der Waals surface area contributed by atoms with Crippen LogP contribution in [0.15, 0.2) is 30.5 Å². The molecule has 0 fully saturated rings. The molecule has 0 aliphatic carbocycles. The van der Waals surface area contributed by atoms with Crippen molar-refractivity contribution in [3.05, 3.63) is 46.9 Å². The summed E-state index contributed by atoms with van der Waals surface area (Å²) in [5, 5.41) is 22.0. The molecule has 0 amide bonds. The van der Waals surface area contributed by atoms with Crippen molar-refractivity contribution in [2.75, 3.05) is 0 Å². The van der Waals surface area contributed by atoms with E-state index in [1.54, 1.807) is 12.3 Å². The Morgan fingerprint density at radius 1 is 1.35 bits per heavy atom. The Balaban J connectivity index is 2.19. The highest BCUT2D eigenvalue weighted by Crippen LogP contribution is 2.17. The van der Waals surface area contributed by atoms with Crippen molar-refractivity contribution in [2.45, 2.75) is 6.54 Å². The normalized spacial score (nSPS) is 10.6. The predicted molar refractivity (Wildman–Crippen MR) is 62.6 cm³/mol. The molecule has 0 aliphatic rings. The molecule has 2 aromatic rings. The zero-order chi connectivity index (χ0) is 12.4. The molecular formula is C10H9BClFN2O2. The SMILES string of the molecule is OB(O)c1ccn(Cc2ccc(F)cc2Cl)n1. The van der Waals surface area contributed by atoms with E-state index >= 15 is 0 Å². The third-order valence-corrected chi connectivity index (χ3v) is 2.63. The molecule has 0 spiro atoms. The average Bonchev–Trinajstić information content (AvgIpc) is 2.71. The van der Waals surface area contributed by atoms with Gasteiger partial charge < -0.3 is 10.0 Å². The summed E-state index contributed by atoms with van der Waals surface area (Å²) < 4.78 is 14.3. The minimum absolute atomic E-state index is 0.156. The molecule has 2 rings (SSSR count). The Bertz CT molecular complexity index is 533. The van der Waals surface area contributed by atoms with Gasteiger partial charge in [-0.2, -0.15) is 5.10 Å². The van der Waals surface area contributed by atoms with Crippen molar-refractivity contribution in [2.24, 2.45) is 0 Å². The second-order valence-electron chi connectivity index (χ2n) is 3.55. The van der Waals surface area contributed by atoms with Crippen LogP contribution in [0.4, 0.5) is 4.39 Å². The van der Waals surface area contributed by atoms with Crippen LogP contribution >= 0.6 is 11.6 Å². The van der Waals surface area contributed by atoms with E-state index < -0.39 is 12.9 Å². The van der Waals surface area contributed by atoms with Crippen molar-refractivity contribution in [3.8, 4) is 0 Å². The van der Waals surface area contributed by atoms with Crippen LogP contribution < -0.4 is 5.59 Å². The van der Waals surface area contributed by atoms with Crippen LogP contribution in [0.25, 0.3) is 0 Å². The lowest BCUT2D eigenvalue weighted by Gasteiger charge is -2.04. The molecule has 0 atom stereocenters. The first-order chi connectivity index (χ1) is 8.06. The smallest absolute Gasteiger partial charge is 0.422 e. The van der Waals surface area contributed by atoms with Gasteiger partial charge in [-0.1, -0.05) is 17.7 Å². The van der Waals surface area contributed by atoms with Gasteiger partial charge in [0.1, 0.15) is 5.82 Å². The molecule has 4 nitrogen and oxygen atoms in total. The van der Waals surface area contributed by atoms with Crippen LogP contribution in [0.5, 0.6) is 0 Å². The molecule has 1 aromatic carbocycles. The lowest BCUT2D eigenvalue weighted by Crippen LogP contribution is -2.31. The number of benzene rings is 1. The van der Waals surface area contributed by atoms with Crippen LogP contribution in [-0.4, -0.2) is 26.9 Å². The van der Waals surface area contributed by atoms with E-state index in [4.69, 9.17) is 21.6 Å². The molecule has 0 bridgehead atoms. The predicted octanol–water partition coefficient (Wildman–Crippen LogP) is 0.404. The molecule has 0 saturated carbocycles. The molecule has 88 valence electrons. The summed E-state index contributed by atoms with van der Waals surface area (Å²) in [6.07, 6.45) is 1.59. The first-order valence-corrected chi connectivity index (χ1v) is 5.27. The highest BCUT2D eigenvalue weighted by Gasteiger charge is 2.14. The third-order valence-electron chi connectivity index (χ3n) is 2.27. The Hall–Kier alpha value is -1.37. The monoisotopic (exact) mass is 254 g/mol. The van der Waals surface area contributed by atoms with Gasteiger partial charge in [-0.25, -0.2) is 4.39 Å². The molecular weight excluding hydrogens is 245 g/mol. The lowest BCUT2D eigenvalue weighted by atomic mass is 9.87. The van der Waals surface area contributed by atoms with Crippen LogP contribution in [0.3, 0.4) is 0 Å². The van der Waals surface area contributed by atoms with E-state index in [9.17, 15) is 4.39 Å². The first-order valence-electron chi connectivity index (χ1n) is 4.89. The lowest BCUT2D eigenvalue weighted by molar-refractivity contribution is 0.423. The maximum atomic E-state index is 12.8. The minimum atomic E-state index is -1.60. The van der Waals surface area contributed by atoms with E-state index in [-0.39, 0.29) is 5.59 Å². The maximum Gasteiger partial charge on any atom is 0.510 e. The molecule has 1 aromatic heterocycles. The maximum absolute atomic E-state index is 12.8. The van der Waals surface area contributed by atoms with Crippen molar-refractivity contribution in [3.63, 3.8) is 0 Å². The van der Waals surface area contributed by atoms with Gasteiger partial charge >= 0.3 is 7.12 Å². The molecule has 0 unspecified atom stereocenters. The number of nitrogens with zero attached hydrogens (tertiary/aromatic N) is 2. The summed E-state index contributed by atoms with van der Waals surface area (Å²) in [6, 6.07) is 5.59. The fraction of sp³-hybridized carbons (Fsp3) is 0.100. The van der Waals surface area contributed by atoms with Gasteiger partial charge in [0.2, 0.25) is 0 Å². The summed E-state index contributed by atoms with van der Waals surface area (Å²) >= 11 is 5.87. The second-order valence-corrected chi connectivity index (χ2v) is 3.95. The van der Waals surface area contributed by atoms with E-state index in [0.717, 1.165) is 0 Å². The van der Waals surface area contributed by atoms with Crippen molar-refractivity contribution < 1.29 is 14.4 Å². The Morgan fingerprint density at radius 3 is 2.71 bits per heavy atom. The molecule has 17 heavy (non-hydrogen) atoms. The van der Waals surface area contributed by atoms with E-state index in [1.165, 1.54) is 22.9 Å². The first kappa shape index (κ1) is 12.1. The second kappa shape index (κ2) is 4.87. The van der Waals surface area contributed by atoms with Gasteiger partial charge in [-0.3, -0.25) is 4.68 Å². The molecule has 0 radical (unpaired) electrons. The number of halogens is 2. The summed E-state index contributed by atoms with van der Waals surface area (Å²) in [5.74, 6) is -0.398. The van der Waals surface area contributed by atoms with Gasteiger partial charge in [-0.15, -0.1) is 0 Å². The zero-order valence-corrected chi connectivity index (χ0v) is 9.47. The van der Waals surface area contributed by atoms with Crippen LogP contribution in [0.2, 0.25) is 5.02 Å². The van der Waals surface area contributed by atoms with Crippen LogP contribution in [-0.2, 0) is 6.54 Å². The van der Waals surface area contributed by atoms with E-state index in [2.05, 4.69) is 5.10 Å². The summed E-state index contributed by atoms with van der Waals surface area (Å²) in [5.41, 5.74) is 0.860. The summed E-state index contributed by atoms with van der Waals surface area (Å²) in [6.45, 7) is 0.339. The quantitative estimate of drug-likeness (QED) is 0.780. The number of hydrogen-bond acceptors (Lipinski definition) is 3. The minimum Gasteiger partial charge on any atom is -0.422 e. The average molecular weight is 254 g/mol. The van der Waals surface area contributed by atoms with Crippen molar-refractivity contribution in [1.82, 2.24) is 9.78 Å². The fourth-order valence-electron chi connectivity index (χ4n) is 1.43. The molecule has 7 heteroatoms. The zero-order valence-electron chi connectivity index (χ0n) is 8.72. The summed E-state index contributed by atoms with van der Waals surface area (Å²) in [7, 11) is -1.60. The standard InChI is InChI=1S/C10H9BClFN2O2/c12-9-5-8(13)2-1-7(9)6-15-4-3-10(14-15)11(16)17/h1-5,16-17H,6H2. The Morgan fingerprint density at radius 2 is 2.12 bits per heavy atom. The number of rotatable bonds is 3. The van der Waals surface area contributed by atoms with Crippen molar-refractivity contribution >= 4 is 24.3 Å². The van der Waals surface area contributed by atoms with Gasteiger partial charge in [0.15, 0.2) is 0 Å².